The first-order chi connectivity index (χ1) is 9.24. The number of hydrogen-bond acceptors (Lipinski definition) is 4. The zero-order chi connectivity index (χ0) is 13.2. The summed E-state index contributed by atoms with van der Waals surface area (Å²) < 4.78 is 1.90. The van der Waals surface area contributed by atoms with Crippen LogP contribution in [0.3, 0.4) is 0 Å². The Morgan fingerprint density at radius 2 is 2.21 bits per heavy atom. The van der Waals surface area contributed by atoms with E-state index in [-0.39, 0.29) is 10.6 Å². The summed E-state index contributed by atoms with van der Waals surface area (Å²) in [4.78, 5) is 10.5. The van der Waals surface area contributed by atoms with Crippen LogP contribution in [0.1, 0.15) is 12.8 Å². The van der Waals surface area contributed by atoms with Gasteiger partial charge in [0.25, 0.3) is 5.69 Å². The van der Waals surface area contributed by atoms with E-state index in [1.165, 1.54) is 6.07 Å². The van der Waals surface area contributed by atoms with Crippen LogP contribution in [0, 0.1) is 16.0 Å². The van der Waals surface area contributed by atoms with Gasteiger partial charge in [-0.15, -0.1) is 0 Å². The van der Waals surface area contributed by atoms with Crippen molar-refractivity contribution in [3.05, 3.63) is 34.5 Å². The van der Waals surface area contributed by atoms with E-state index in [4.69, 9.17) is 0 Å². The van der Waals surface area contributed by atoms with Crippen LogP contribution in [0.2, 0.25) is 0 Å². The molecule has 6 heteroatoms. The van der Waals surface area contributed by atoms with E-state index in [2.05, 4.69) is 10.4 Å². The summed E-state index contributed by atoms with van der Waals surface area (Å²) >= 11 is 0. The van der Waals surface area contributed by atoms with Crippen LogP contribution in [-0.2, 0) is 6.54 Å². The highest BCUT2D eigenvalue weighted by atomic mass is 16.6. The van der Waals surface area contributed by atoms with Gasteiger partial charge in [0.15, 0.2) is 0 Å². The number of fused-ring (bicyclic) bond motifs is 1. The fourth-order valence-electron chi connectivity index (χ4n) is 2.63. The summed E-state index contributed by atoms with van der Waals surface area (Å²) in [5.74, 6) is 0.601. The molecule has 100 valence electrons. The number of rotatable bonds is 3. The number of hydrogen-bond donors (Lipinski definition) is 1. The van der Waals surface area contributed by atoms with Gasteiger partial charge in [-0.2, -0.15) is 5.10 Å². The van der Waals surface area contributed by atoms with Crippen molar-refractivity contribution in [3.63, 3.8) is 0 Å². The van der Waals surface area contributed by atoms with Crippen LogP contribution in [0.15, 0.2) is 24.4 Å². The molecule has 0 spiro atoms. The smallest absolute Gasteiger partial charge is 0.271 e. The van der Waals surface area contributed by atoms with E-state index in [0.717, 1.165) is 43.4 Å². The first-order valence-electron chi connectivity index (χ1n) is 6.55. The number of benzene rings is 1. The number of aromatic nitrogens is 2. The summed E-state index contributed by atoms with van der Waals surface area (Å²) in [6.07, 6.45) is 4.05. The molecule has 0 aliphatic carbocycles. The van der Waals surface area contributed by atoms with Crippen molar-refractivity contribution >= 4 is 16.6 Å². The van der Waals surface area contributed by atoms with E-state index in [1.54, 1.807) is 18.3 Å². The van der Waals surface area contributed by atoms with Gasteiger partial charge < -0.3 is 5.32 Å². The zero-order valence-corrected chi connectivity index (χ0v) is 10.6. The number of non-ortho nitro benzene ring substituents is 1. The molecule has 0 atom stereocenters. The first-order valence-corrected chi connectivity index (χ1v) is 6.55. The lowest BCUT2D eigenvalue weighted by Crippen LogP contribution is -2.30. The molecule has 0 bridgehead atoms. The van der Waals surface area contributed by atoms with Crippen molar-refractivity contribution in [2.24, 2.45) is 5.92 Å². The predicted octanol–water partition coefficient (Wildman–Crippen LogP) is 1.94. The molecule has 1 aromatic heterocycles. The molecule has 1 fully saturated rings. The second kappa shape index (κ2) is 4.97. The second-order valence-electron chi connectivity index (χ2n) is 5.02. The highest BCUT2D eigenvalue weighted by Gasteiger charge is 2.16. The van der Waals surface area contributed by atoms with E-state index in [1.807, 2.05) is 4.68 Å². The van der Waals surface area contributed by atoms with E-state index < -0.39 is 0 Å². The lowest BCUT2D eigenvalue weighted by atomic mass is 9.98. The summed E-state index contributed by atoms with van der Waals surface area (Å²) in [7, 11) is 0. The topological polar surface area (TPSA) is 73.0 Å². The van der Waals surface area contributed by atoms with Crippen LogP contribution >= 0.6 is 0 Å². The Bertz CT molecular complexity index is 602. The van der Waals surface area contributed by atoms with Gasteiger partial charge in [-0.3, -0.25) is 14.8 Å². The zero-order valence-electron chi connectivity index (χ0n) is 10.6. The molecular formula is C13H16N4O2. The summed E-state index contributed by atoms with van der Waals surface area (Å²) in [6.45, 7) is 2.93. The fourth-order valence-corrected chi connectivity index (χ4v) is 2.63. The molecular weight excluding hydrogens is 244 g/mol. The molecule has 2 heterocycles. The first kappa shape index (κ1) is 12.1. The second-order valence-corrected chi connectivity index (χ2v) is 5.02. The maximum absolute atomic E-state index is 10.8. The molecule has 1 aliphatic heterocycles. The fraction of sp³-hybridized carbons (Fsp3) is 0.462. The third-order valence-electron chi connectivity index (χ3n) is 3.73. The summed E-state index contributed by atoms with van der Waals surface area (Å²) in [5.41, 5.74) is 0.979. The Balaban J connectivity index is 1.89. The van der Waals surface area contributed by atoms with Gasteiger partial charge in [0.1, 0.15) is 0 Å². The normalized spacial score (nSPS) is 16.8. The number of piperidine rings is 1. The van der Waals surface area contributed by atoms with E-state index in [0.29, 0.717) is 5.92 Å². The minimum Gasteiger partial charge on any atom is -0.317 e. The number of nitro benzene ring substituents is 1. The van der Waals surface area contributed by atoms with Gasteiger partial charge in [0.05, 0.1) is 16.6 Å². The molecule has 0 amide bonds. The van der Waals surface area contributed by atoms with Crippen molar-refractivity contribution in [2.75, 3.05) is 13.1 Å². The highest BCUT2D eigenvalue weighted by molar-refractivity contribution is 5.80. The molecule has 1 saturated heterocycles. The molecule has 0 radical (unpaired) electrons. The summed E-state index contributed by atoms with van der Waals surface area (Å²) in [5, 5.41) is 19.5. The van der Waals surface area contributed by atoms with E-state index >= 15 is 0 Å². The Kier molecular flexibility index (Phi) is 3.16. The molecule has 2 aromatic rings. The molecule has 0 saturated carbocycles. The lowest BCUT2D eigenvalue weighted by Gasteiger charge is -2.22. The highest BCUT2D eigenvalue weighted by Crippen LogP contribution is 2.22. The van der Waals surface area contributed by atoms with Crippen LogP contribution in [-0.4, -0.2) is 27.8 Å². The molecule has 19 heavy (non-hydrogen) atoms. The average Bonchev–Trinajstić information content (AvgIpc) is 2.82. The minimum atomic E-state index is -0.360. The Morgan fingerprint density at radius 3 is 2.95 bits per heavy atom. The van der Waals surface area contributed by atoms with Crippen LogP contribution < -0.4 is 5.32 Å². The number of nitrogens with one attached hydrogen (secondary N) is 1. The summed E-state index contributed by atoms with van der Waals surface area (Å²) in [6, 6.07) is 4.90. The molecule has 1 aromatic carbocycles. The standard InChI is InChI=1S/C13H16N4O2/c18-17(19)12-2-1-11-8-15-16(13(11)7-12)9-10-3-5-14-6-4-10/h1-2,7-8,10,14H,3-6,9H2. The largest absolute Gasteiger partial charge is 0.317 e. The van der Waals surface area contributed by atoms with Gasteiger partial charge >= 0.3 is 0 Å². The Labute approximate surface area is 110 Å². The van der Waals surface area contributed by atoms with Crippen molar-refractivity contribution < 1.29 is 4.92 Å². The Hall–Kier alpha value is -1.95. The lowest BCUT2D eigenvalue weighted by molar-refractivity contribution is -0.384. The molecule has 3 rings (SSSR count). The predicted molar refractivity (Wildman–Crippen MR) is 72.0 cm³/mol. The van der Waals surface area contributed by atoms with Crippen molar-refractivity contribution in [1.29, 1.82) is 0 Å². The van der Waals surface area contributed by atoms with Gasteiger partial charge in [-0.1, -0.05) is 0 Å². The third-order valence-corrected chi connectivity index (χ3v) is 3.73. The van der Waals surface area contributed by atoms with Gasteiger partial charge in [-0.25, -0.2) is 0 Å². The molecule has 1 N–H and O–H groups in total. The molecule has 1 aliphatic rings. The minimum absolute atomic E-state index is 0.125. The molecule has 0 unspecified atom stereocenters. The maximum atomic E-state index is 10.8. The maximum Gasteiger partial charge on any atom is 0.271 e. The van der Waals surface area contributed by atoms with Gasteiger partial charge in [0.2, 0.25) is 0 Å². The van der Waals surface area contributed by atoms with Crippen LogP contribution in [0.4, 0.5) is 5.69 Å². The third kappa shape index (κ3) is 2.44. The number of nitro groups is 1. The SMILES string of the molecule is O=[N+]([O-])c1ccc2cnn(CC3CCNCC3)c2c1. The van der Waals surface area contributed by atoms with Gasteiger partial charge in [-0.05, 0) is 37.9 Å². The van der Waals surface area contributed by atoms with Gasteiger partial charge in [0, 0.05) is 24.1 Å². The van der Waals surface area contributed by atoms with E-state index in [9.17, 15) is 10.1 Å². The monoisotopic (exact) mass is 260 g/mol. The number of nitrogens with zero attached hydrogens (tertiary/aromatic N) is 3. The molecule has 6 nitrogen and oxygen atoms in total. The quantitative estimate of drug-likeness (QED) is 0.676. The Morgan fingerprint density at radius 1 is 1.42 bits per heavy atom. The van der Waals surface area contributed by atoms with Crippen LogP contribution in [0.5, 0.6) is 0 Å². The van der Waals surface area contributed by atoms with Crippen molar-refractivity contribution in [3.8, 4) is 0 Å². The van der Waals surface area contributed by atoms with Crippen LogP contribution in [0.25, 0.3) is 10.9 Å². The average molecular weight is 260 g/mol. The van der Waals surface area contributed by atoms with Crippen molar-refractivity contribution in [1.82, 2.24) is 15.1 Å². The van der Waals surface area contributed by atoms with Crippen molar-refractivity contribution in [2.45, 2.75) is 19.4 Å².